The summed E-state index contributed by atoms with van der Waals surface area (Å²) in [6.07, 6.45) is 14.3. The van der Waals surface area contributed by atoms with Crippen molar-refractivity contribution in [2.45, 2.75) is 20.3 Å². The van der Waals surface area contributed by atoms with E-state index in [1.807, 2.05) is 0 Å². The van der Waals surface area contributed by atoms with E-state index in [-0.39, 0.29) is 5.41 Å². The van der Waals surface area contributed by atoms with Crippen molar-refractivity contribution in [3.05, 3.63) is 47.7 Å². The highest BCUT2D eigenvalue weighted by molar-refractivity contribution is 5.36. The molecule has 14 heavy (non-hydrogen) atoms. The van der Waals surface area contributed by atoms with Crippen LogP contribution in [0.25, 0.3) is 0 Å². The van der Waals surface area contributed by atoms with Crippen LogP contribution in [-0.2, 0) is 0 Å². The van der Waals surface area contributed by atoms with Crippen LogP contribution in [0.15, 0.2) is 47.7 Å². The molecule has 1 N–H and O–H groups in total. The van der Waals surface area contributed by atoms with E-state index in [1.54, 1.807) is 0 Å². The largest absolute Gasteiger partial charge is 0.384 e. The molecule has 74 valence electrons. The minimum atomic E-state index is 0.170. The van der Waals surface area contributed by atoms with Crippen LogP contribution in [-0.4, -0.2) is 6.54 Å². The molecule has 0 aromatic carbocycles. The molecule has 1 heteroatoms. The normalized spacial score (nSPS) is 30.7. The fourth-order valence-corrected chi connectivity index (χ4v) is 2.18. The Morgan fingerprint density at radius 3 is 2.79 bits per heavy atom. The van der Waals surface area contributed by atoms with Crippen LogP contribution in [0.3, 0.4) is 0 Å². The second-order valence-corrected chi connectivity index (χ2v) is 4.25. The minimum absolute atomic E-state index is 0.170. The number of dihydropyridines is 1. The Balaban J connectivity index is 2.34. The Morgan fingerprint density at radius 1 is 1.29 bits per heavy atom. The molecule has 0 aromatic rings. The summed E-state index contributed by atoms with van der Waals surface area (Å²) in [7, 11) is 0. The Kier molecular flexibility index (Phi) is 2.32. The standard InChI is InChI=1S/C13H17N/c1-11-7-6-10-14-12(11)13(2)8-4-3-5-9-13/h3-8,14H,9-10H2,1-2H3. The van der Waals surface area contributed by atoms with E-state index in [4.69, 9.17) is 0 Å². The van der Waals surface area contributed by atoms with Gasteiger partial charge in [-0.15, -0.1) is 0 Å². The van der Waals surface area contributed by atoms with Gasteiger partial charge in [0.2, 0.25) is 0 Å². The van der Waals surface area contributed by atoms with Gasteiger partial charge in [-0.1, -0.05) is 43.4 Å². The zero-order valence-electron chi connectivity index (χ0n) is 8.88. The molecule has 0 saturated carbocycles. The van der Waals surface area contributed by atoms with Crippen LogP contribution in [0.5, 0.6) is 0 Å². The third kappa shape index (κ3) is 1.54. The maximum atomic E-state index is 3.49. The average Bonchev–Trinajstić information content (AvgIpc) is 2.19. The quantitative estimate of drug-likeness (QED) is 0.665. The van der Waals surface area contributed by atoms with E-state index in [1.165, 1.54) is 11.3 Å². The van der Waals surface area contributed by atoms with E-state index in [2.05, 4.69) is 55.6 Å². The molecule has 0 radical (unpaired) electrons. The summed E-state index contributed by atoms with van der Waals surface area (Å²) in [6, 6.07) is 0. The zero-order chi connectivity index (χ0) is 10.0. The molecule has 1 atom stereocenters. The van der Waals surface area contributed by atoms with Crippen molar-refractivity contribution in [1.29, 1.82) is 0 Å². The van der Waals surface area contributed by atoms with Gasteiger partial charge in [0.15, 0.2) is 0 Å². The number of allylic oxidation sites excluding steroid dienone is 6. The van der Waals surface area contributed by atoms with Crippen molar-refractivity contribution in [1.82, 2.24) is 5.32 Å². The van der Waals surface area contributed by atoms with Crippen molar-refractivity contribution in [3.8, 4) is 0 Å². The van der Waals surface area contributed by atoms with Gasteiger partial charge in [-0.25, -0.2) is 0 Å². The predicted octanol–water partition coefficient (Wildman–Crippen LogP) is 2.94. The summed E-state index contributed by atoms with van der Waals surface area (Å²) in [6.45, 7) is 5.42. The zero-order valence-corrected chi connectivity index (χ0v) is 8.88. The maximum Gasteiger partial charge on any atom is 0.0331 e. The van der Waals surface area contributed by atoms with Crippen LogP contribution >= 0.6 is 0 Å². The molecule has 0 aromatic heterocycles. The Labute approximate surface area is 85.9 Å². The Bertz CT molecular complexity index is 344. The molecule has 1 heterocycles. The lowest BCUT2D eigenvalue weighted by Crippen LogP contribution is -2.31. The molecular formula is C13H17N. The van der Waals surface area contributed by atoms with Crippen molar-refractivity contribution in [2.24, 2.45) is 5.41 Å². The van der Waals surface area contributed by atoms with Crippen LogP contribution in [0.1, 0.15) is 20.3 Å². The van der Waals surface area contributed by atoms with Crippen LogP contribution in [0.4, 0.5) is 0 Å². The SMILES string of the molecule is CC1=C(C2(C)C=CC=CC2)NCC=C1. The number of hydrogen-bond donors (Lipinski definition) is 1. The van der Waals surface area contributed by atoms with Crippen LogP contribution in [0.2, 0.25) is 0 Å². The Morgan fingerprint density at radius 2 is 2.14 bits per heavy atom. The van der Waals surface area contributed by atoms with Crippen LogP contribution < -0.4 is 5.32 Å². The van der Waals surface area contributed by atoms with Crippen molar-refractivity contribution < 1.29 is 0 Å². The average molecular weight is 187 g/mol. The first-order valence-electron chi connectivity index (χ1n) is 5.18. The molecule has 0 amide bonds. The number of hydrogen-bond acceptors (Lipinski definition) is 1. The summed E-state index contributed by atoms with van der Waals surface area (Å²) in [5.74, 6) is 0. The van der Waals surface area contributed by atoms with E-state index >= 15 is 0 Å². The van der Waals surface area contributed by atoms with Crippen LogP contribution in [0, 0.1) is 5.41 Å². The van der Waals surface area contributed by atoms with Gasteiger partial charge in [0.25, 0.3) is 0 Å². The van der Waals surface area contributed by atoms with Crippen molar-refractivity contribution in [3.63, 3.8) is 0 Å². The molecule has 1 aliphatic heterocycles. The summed E-state index contributed by atoms with van der Waals surface area (Å²) in [4.78, 5) is 0. The summed E-state index contributed by atoms with van der Waals surface area (Å²) in [5.41, 5.74) is 2.91. The molecule has 0 spiro atoms. The highest BCUT2D eigenvalue weighted by atomic mass is 14.9. The molecule has 0 bridgehead atoms. The first kappa shape index (κ1) is 9.32. The molecule has 1 nitrogen and oxygen atoms in total. The fourth-order valence-electron chi connectivity index (χ4n) is 2.18. The first-order chi connectivity index (χ1) is 6.72. The van der Waals surface area contributed by atoms with E-state index in [0.717, 1.165) is 13.0 Å². The minimum Gasteiger partial charge on any atom is -0.384 e. The summed E-state index contributed by atoms with van der Waals surface area (Å²) >= 11 is 0. The highest BCUT2D eigenvalue weighted by Gasteiger charge is 2.27. The summed E-state index contributed by atoms with van der Waals surface area (Å²) < 4.78 is 0. The smallest absolute Gasteiger partial charge is 0.0331 e. The number of rotatable bonds is 1. The lowest BCUT2D eigenvalue weighted by molar-refractivity contribution is 0.474. The summed E-state index contributed by atoms with van der Waals surface area (Å²) in [5, 5.41) is 3.49. The predicted molar refractivity (Wildman–Crippen MR) is 60.8 cm³/mol. The molecule has 0 fully saturated rings. The first-order valence-corrected chi connectivity index (χ1v) is 5.18. The molecule has 0 saturated heterocycles. The molecule has 1 aliphatic carbocycles. The number of nitrogens with one attached hydrogen (secondary N) is 1. The Hall–Kier alpha value is -1.24. The molecule has 2 rings (SSSR count). The lowest BCUT2D eigenvalue weighted by atomic mass is 9.78. The second-order valence-electron chi connectivity index (χ2n) is 4.25. The maximum absolute atomic E-state index is 3.49. The third-order valence-corrected chi connectivity index (χ3v) is 2.98. The van der Waals surface area contributed by atoms with Crippen molar-refractivity contribution in [2.75, 3.05) is 6.54 Å². The fraction of sp³-hybridized carbons (Fsp3) is 0.385. The topological polar surface area (TPSA) is 12.0 Å². The van der Waals surface area contributed by atoms with Crippen molar-refractivity contribution >= 4 is 0 Å². The van der Waals surface area contributed by atoms with Gasteiger partial charge in [-0.05, 0) is 18.9 Å². The highest BCUT2D eigenvalue weighted by Crippen LogP contribution is 2.36. The van der Waals surface area contributed by atoms with Gasteiger partial charge in [0.05, 0.1) is 0 Å². The third-order valence-electron chi connectivity index (χ3n) is 2.98. The van der Waals surface area contributed by atoms with Gasteiger partial charge in [-0.2, -0.15) is 0 Å². The molecule has 2 aliphatic rings. The van der Waals surface area contributed by atoms with Gasteiger partial charge in [-0.3, -0.25) is 0 Å². The van der Waals surface area contributed by atoms with E-state index < -0.39 is 0 Å². The van der Waals surface area contributed by atoms with E-state index in [9.17, 15) is 0 Å². The van der Waals surface area contributed by atoms with Gasteiger partial charge < -0.3 is 5.32 Å². The van der Waals surface area contributed by atoms with Gasteiger partial charge >= 0.3 is 0 Å². The monoisotopic (exact) mass is 187 g/mol. The van der Waals surface area contributed by atoms with E-state index in [0.29, 0.717) is 0 Å². The molecule has 1 unspecified atom stereocenters. The second kappa shape index (κ2) is 3.49. The van der Waals surface area contributed by atoms with Gasteiger partial charge in [0.1, 0.15) is 0 Å². The van der Waals surface area contributed by atoms with Gasteiger partial charge in [0, 0.05) is 17.7 Å². The lowest BCUT2D eigenvalue weighted by Gasteiger charge is -2.33. The molecular weight excluding hydrogens is 170 g/mol.